The van der Waals surface area contributed by atoms with E-state index in [9.17, 15) is 9.59 Å². The first-order valence-electron chi connectivity index (χ1n) is 6.68. The van der Waals surface area contributed by atoms with E-state index in [0.717, 1.165) is 5.69 Å². The quantitative estimate of drug-likeness (QED) is 0.476. The Morgan fingerprint density at radius 3 is 2.73 bits per heavy atom. The molecular weight excluding hydrogens is 302 g/mol. The first-order chi connectivity index (χ1) is 10.5. The minimum Gasteiger partial charge on any atom is -0.355 e. The van der Waals surface area contributed by atoms with Gasteiger partial charge in [-0.25, -0.2) is 4.68 Å². The summed E-state index contributed by atoms with van der Waals surface area (Å²) < 4.78 is 1.57. The first kappa shape index (κ1) is 16.2. The van der Waals surface area contributed by atoms with Crippen LogP contribution in [0, 0.1) is 13.8 Å². The highest BCUT2D eigenvalue weighted by molar-refractivity contribution is 7.99. The maximum Gasteiger partial charge on any atom is 0.210 e. The van der Waals surface area contributed by atoms with Crippen LogP contribution in [0.25, 0.3) is 0 Å². The Bertz CT molecular complexity index is 732. The summed E-state index contributed by atoms with van der Waals surface area (Å²) >= 11 is 1.25. The van der Waals surface area contributed by atoms with Crippen molar-refractivity contribution in [2.45, 2.75) is 32.5 Å². The van der Waals surface area contributed by atoms with E-state index in [1.807, 2.05) is 0 Å². The number of allylic oxidation sites excluding steroid dienone is 1. The highest BCUT2D eigenvalue weighted by atomic mass is 32.2. The normalized spacial score (nSPS) is 10.7. The van der Waals surface area contributed by atoms with E-state index < -0.39 is 0 Å². The first-order valence-corrected chi connectivity index (χ1v) is 7.67. The minimum absolute atomic E-state index is 0.0483. The zero-order chi connectivity index (χ0) is 16.3. The number of aryl methyl sites for hydroxylation is 1. The Hall–Kier alpha value is -2.22. The summed E-state index contributed by atoms with van der Waals surface area (Å²) in [6.45, 7) is 9.18. The summed E-state index contributed by atoms with van der Waals surface area (Å²) in [5.41, 5.74) is 2.47. The molecule has 0 bridgehead atoms. The molecule has 7 nitrogen and oxygen atoms in total. The van der Waals surface area contributed by atoms with Crippen LogP contribution in [0.15, 0.2) is 17.8 Å². The van der Waals surface area contributed by atoms with Gasteiger partial charge in [0.05, 0.1) is 18.0 Å². The number of nitrogens with zero attached hydrogens (tertiary/aromatic N) is 4. The number of H-pyrrole nitrogens is 1. The summed E-state index contributed by atoms with van der Waals surface area (Å²) in [4.78, 5) is 27.0. The lowest BCUT2D eigenvalue weighted by molar-refractivity contribution is 0.101. The fraction of sp³-hybridized carbons (Fsp3) is 0.357. The molecule has 0 aromatic carbocycles. The maximum absolute atomic E-state index is 12.4. The van der Waals surface area contributed by atoms with Crippen LogP contribution in [0.1, 0.15) is 39.0 Å². The van der Waals surface area contributed by atoms with Crippen molar-refractivity contribution >= 4 is 23.3 Å². The molecule has 2 aromatic rings. The molecule has 8 heteroatoms. The van der Waals surface area contributed by atoms with Crippen LogP contribution in [0.2, 0.25) is 0 Å². The number of hydrogen-bond donors (Lipinski definition) is 1. The number of tetrazole rings is 1. The molecule has 0 spiro atoms. The summed E-state index contributed by atoms with van der Waals surface area (Å²) in [5, 5.41) is 11.8. The summed E-state index contributed by atoms with van der Waals surface area (Å²) in [7, 11) is 0. The van der Waals surface area contributed by atoms with Crippen LogP contribution in [-0.4, -0.2) is 42.5 Å². The van der Waals surface area contributed by atoms with Crippen molar-refractivity contribution in [3.8, 4) is 0 Å². The number of rotatable bonds is 7. The van der Waals surface area contributed by atoms with Crippen LogP contribution in [-0.2, 0) is 6.54 Å². The van der Waals surface area contributed by atoms with Gasteiger partial charge < -0.3 is 4.98 Å². The lowest BCUT2D eigenvalue weighted by Crippen LogP contribution is -2.07. The Balaban J connectivity index is 2.13. The van der Waals surface area contributed by atoms with Gasteiger partial charge in [-0.05, 0) is 36.8 Å². The number of nitrogens with one attached hydrogen (secondary N) is 1. The van der Waals surface area contributed by atoms with Gasteiger partial charge in [0.25, 0.3) is 0 Å². The molecule has 2 aromatic heterocycles. The SMILES string of the molecule is C=CCn1nnnc1SCC(=O)c1[nH]c(C)c(C(C)=O)c1C. The number of aromatic amines is 1. The number of aromatic nitrogens is 5. The van der Waals surface area contributed by atoms with Crippen molar-refractivity contribution in [3.63, 3.8) is 0 Å². The molecule has 1 N–H and O–H groups in total. The third-order valence-electron chi connectivity index (χ3n) is 3.20. The molecule has 0 saturated carbocycles. The smallest absolute Gasteiger partial charge is 0.210 e. The summed E-state index contributed by atoms with van der Waals surface area (Å²) in [5.74, 6) is 0.0504. The van der Waals surface area contributed by atoms with Gasteiger partial charge in [0, 0.05) is 11.3 Å². The molecule has 0 aliphatic rings. The van der Waals surface area contributed by atoms with E-state index in [1.54, 1.807) is 24.6 Å². The molecule has 0 aliphatic carbocycles. The van der Waals surface area contributed by atoms with E-state index in [1.165, 1.54) is 18.7 Å². The maximum atomic E-state index is 12.4. The predicted octanol–water partition coefficient (Wildman–Crippen LogP) is 1.98. The molecule has 116 valence electrons. The van der Waals surface area contributed by atoms with Crippen LogP contribution >= 0.6 is 11.8 Å². The number of ketones is 2. The number of carbonyl (C=O) groups is 2. The molecular formula is C14H17N5O2S. The Labute approximate surface area is 132 Å². The molecule has 2 heterocycles. The molecule has 0 unspecified atom stereocenters. The standard InChI is InChI=1S/C14H17N5O2S/c1-5-6-19-14(16-17-18-19)22-7-11(21)13-8(2)12(10(4)20)9(3)15-13/h5,15H,1,6-7H2,2-4H3. The van der Waals surface area contributed by atoms with Gasteiger partial charge >= 0.3 is 0 Å². The second kappa shape index (κ2) is 6.69. The van der Waals surface area contributed by atoms with Gasteiger partial charge in [-0.3, -0.25) is 9.59 Å². The van der Waals surface area contributed by atoms with Crippen LogP contribution in [0.4, 0.5) is 0 Å². The van der Waals surface area contributed by atoms with E-state index in [4.69, 9.17) is 0 Å². The Kier molecular flexibility index (Phi) is 4.92. The molecule has 2 rings (SSSR count). The van der Waals surface area contributed by atoms with Gasteiger partial charge in [0.1, 0.15) is 0 Å². The highest BCUT2D eigenvalue weighted by Gasteiger charge is 2.20. The van der Waals surface area contributed by atoms with E-state index in [-0.39, 0.29) is 17.3 Å². The average Bonchev–Trinajstić information content (AvgIpc) is 3.01. The van der Waals surface area contributed by atoms with Gasteiger partial charge in [-0.1, -0.05) is 17.8 Å². The predicted molar refractivity (Wildman–Crippen MR) is 83.3 cm³/mol. The molecule has 0 fully saturated rings. The number of thioether (sulfide) groups is 1. The molecule has 0 saturated heterocycles. The van der Waals surface area contributed by atoms with E-state index >= 15 is 0 Å². The highest BCUT2D eigenvalue weighted by Crippen LogP contribution is 2.21. The van der Waals surface area contributed by atoms with E-state index in [0.29, 0.717) is 28.5 Å². The molecule has 0 atom stereocenters. The molecule has 22 heavy (non-hydrogen) atoms. The van der Waals surface area contributed by atoms with Crippen molar-refractivity contribution in [1.29, 1.82) is 0 Å². The fourth-order valence-electron chi connectivity index (χ4n) is 2.30. The Morgan fingerprint density at radius 2 is 2.14 bits per heavy atom. The van der Waals surface area contributed by atoms with Gasteiger partial charge in [-0.15, -0.1) is 11.7 Å². The third-order valence-corrected chi connectivity index (χ3v) is 4.16. The van der Waals surface area contributed by atoms with Crippen molar-refractivity contribution in [1.82, 2.24) is 25.2 Å². The van der Waals surface area contributed by atoms with Gasteiger partial charge in [0.2, 0.25) is 5.16 Å². The molecule has 0 aliphatic heterocycles. The van der Waals surface area contributed by atoms with Gasteiger partial charge in [-0.2, -0.15) is 0 Å². The van der Waals surface area contributed by atoms with Crippen LogP contribution in [0.3, 0.4) is 0 Å². The largest absolute Gasteiger partial charge is 0.355 e. The van der Waals surface area contributed by atoms with Gasteiger partial charge in [0.15, 0.2) is 11.6 Å². The average molecular weight is 319 g/mol. The number of Topliss-reactive ketones (excluding diaryl/α,β-unsaturated/α-hetero) is 2. The van der Waals surface area contributed by atoms with Crippen LogP contribution in [0.5, 0.6) is 0 Å². The number of hydrogen-bond acceptors (Lipinski definition) is 6. The molecule has 0 amide bonds. The third kappa shape index (κ3) is 3.16. The molecule has 0 radical (unpaired) electrons. The zero-order valence-corrected chi connectivity index (χ0v) is 13.5. The van der Waals surface area contributed by atoms with Crippen molar-refractivity contribution in [2.24, 2.45) is 0 Å². The summed E-state index contributed by atoms with van der Waals surface area (Å²) in [6.07, 6.45) is 1.68. The summed E-state index contributed by atoms with van der Waals surface area (Å²) in [6, 6.07) is 0. The van der Waals surface area contributed by atoms with Crippen molar-refractivity contribution in [2.75, 3.05) is 5.75 Å². The van der Waals surface area contributed by atoms with Crippen molar-refractivity contribution < 1.29 is 9.59 Å². The zero-order valence-electron chi connectivity index (χ0n) is 12.7. The minimum atomic E-state index is -0.0914. The van der Waals surface area contributed by atoms with E-state index in [2.05, 4.69) is 27.1 Å². The van der Waals surface area contributed by atoms with Crippen molar-refractivity contribution in [3.05, 3.63) is 35.2 Å². The lowest BCUT2D eigenvalue weighted by atomic mass is 10.1. The lowest BCUT2D eigenvalue weighted by Gasteiger charge is -2.01. The second-order valence-corrected chi connectivity index (χ2v) is 5.77. The monoisotopic (exact) mass is 319 g/mol. The fourth-order valence-corrected chi connectivity index (χ4v) is 3.05. The number of carbonyl (C=O) groups excluding carboxylic acids is 2. The second-order valence-electron chi connectivity index (χ2n) is 4.83. The Morgan fingerprint density at radius 1 is 1.41 bits per heavy atom. The van der Waals surface area contributed by atoms with Crippen LogP contribution < -0.4 is 0 Å². The topological polar surface area (TPSA) is 93.5 Å².